The predicted molar refractivity (Wildman–Crippen MR) is 115 cm³/mol. The molecule has 8 heteroatoms. The number of para-hydroxylation sites is 1. The number of hydrogen-bond acceptors (Lipinski definition) is 4. The monoisotopic (exact) mass is 425 g/mol. The molecule has 1 N–H and O–H groups in total. The van der Waals surface area contributed by atoms with Crippen molar-refractivity contribution in [2.24, 2.45) is 5.92 Å². The highest BCUT2D eigenvalue weighted by Gasteiger charge is 2.27. The number of hydrogen-bond donors (Lipinski definition) is 1. The van der Waals surface area contributed by atoms with Gasteiger partial charge in [0.15, 0.2) is 0 Å². The molecule has 1 aromatic carbocycles. The highest BCUT2D eigenvalue weighted by Crippen LogP contribution is 2.24. The van der Waals surface area contributed by atoms with E-state index in [2.05, 4.69) is 22.3 Å². The molecule has 1 saturated heterocycles. The van der Waals surface area contributed by atoms with Gasteiger partial charge in [0.05, 0.1) is 10.7 Å². The molecule has 3 rings (SSSR count). The van der Waals surface area contributed by atoms with Gasteiger partial charge in [-0.2, -0.15) is 0 Å². The van der Waals surface area contributed by atoms with E-state index >= 15 is 0 Å². The molecule has 0 spiro atoms. The molecule has 28 heavy (non-hydrogen) atoms. The Hall–Kier alpha value is -1.63. The van der Waals surface area contributed by atoms with E-state index < -0.39 is 0 Å². The average molecular weight is 426 g/mol. The number of amides is 1. The maximum Gasteiger partial charge on any atom is 0.293 e. The molecular formula is C20H29Cl2N5O. The largest absolute Gasteiger partial charge is 0.336 e. The lowest BCUT2D eigenvalue weighted by molar-refractivity contribution is 0.0678. The Labute approximate surface area is 178 Å². The van der Waals surface area contributed by atoms with E-state index in [9.17, 15) is 4.79 Å². The van der Waals surface area contributed by atoms with Gasteiger partial charge >= 0.3 is 0 Å². The van der Waals surface area contributed by atoms with Gasteiger partial charge in [0, 0.05) is 19.0 Å². The van der Waals surface area contributed by atoms with Crippen molar-refractivity contribution in [1.82, 2.24) is 25.0 Å². The van der Waals surface area contributed by atoms with Crippen LogP contribution in [0.25, 0.3) is 5.69 Å². The minimum absolute atomic E-state index is 0. The minimum atomic E-state index is -0.0930. The van der Waals surface area contributed by atoms with Gasteiger partial charge in [-0.05, 0) is 44.0 Å². The second kappa shape index (κ2) is 10.2. The van der Waals surface area contributed by atoms with Gasteiger partial charge in [0.1, 0.15) is 5.82 Å². The molecule has 154 valence electrons. The van der Waals surface area contributed by atoms with Crippen molar-refractivity contribution in [3.05, 3.63) is 40.9 Å². The molecule has 0 bridgehead atoms. The van der Waals surface area contributed by atoms with Crippen LogP contribution in [0, 0.1) is 5.92 Å². The van der Waals surface area contributed by atoms with E-state index in [1.54, 1.807) is 4.68 Å². The maximum atomic E-state index is 13.0. The molecule has 0 radical (unpaired) electrons. The van der Waals surface area contributed by atoms with Crippen LogP contribution in [0.4, 0.5) is 0 Å². The maximum absolute atomic E-state index is 13.0. The van der Waals surface area contributed by atoms with Crippen LogP contribution in [-0.4, -0.2) is 51.8 Å². The fraction of sp³-hybridized carbons (Fsp3) is 0.550. The minimum Gasteiger partial charge on any atom is -0.336 e. The van der Waals surface area contributed by atoms with Gasteiger partial charge < -0.3 is 10.2 Å². The van der Waals surface area contributed by atoms with Crippen molar-refractivity contribution >= 4 is 29.9 Å². The van der Waals surface area contributed by atoms with Crippen molar-refractivity contribution in [1.29, 1.82) is 0 Å². The van der Waals surface area contributed by atoms with Crippen LogP contribution in [0.1, 0.15) is 56.0 Å². The number of carbonyl (C=O) groups is 1. The van der Waals surface area contributed by atoms with Crippen molar-refractivity contribution < 1.29 is 4.79 Å². The van der Waals surface area contributed by atoms with Crippen molar-refractivity contribution in [3.63, 3.8) is 0 Å². The number of halogens is 2. The predicted octanol–water partition coefficient (Wildman–Crippen LogP) is 3.93. The zero-order valence-electron chi connectivity index (χ0n) is 16.7. The highest BCUT2D eigenvalue weighted by atomic mass is 35.5. The summed E-state index contributed by atoms with van der Waals surface area (Å²) in [4.78, 5) is 19.4. The number of nitrogens with zero attached hydrogens (tertiary/aromatic N) is 4. The van der Waals surface area contributed by atoms with Crippen LogP contribution in [0.5, 0.6) is 0 Å². The number of aromatic nitrogens is 3. The van der Waals surface area contributed by atoms with Crippen LogP contribution >= 0.6 is 24.0 Å². The Balaban J connectivity index is 0.00000280. The van der Waals surface area contributed by atoms with E-state index in [0.29, 0.717) is 10.9 Å². The third-order valence-electron chi connectivity index (χ3n) is 5.01. The summed E-state index contributed by atoms with van der Waals surface area (Å²) in [5, 5.41) is 8.51. The van der Waals surface area contributed by atoms with Gasteiger partial charge in [-0.1, -0.05) is 44.5 Å². The lowest BCUT2D eigenvalue weighted by atomic mass is 9.97. The van der Waals surface area contributed by atoms with Gasteiger partial charge in [-0.3, -0.25) is 4.79 Å². The summed E-state index contributed by atoms with van der Waals surface area (Å²) in [5.41, 5.74) is 0.749. The first-order valence-electron chi connectivity index (χ1n) is 9.73. The SMILES string of the molecule is CCNCC1CCN(C(=O)c2nc(C(C)C)n(-c3ccccc3Cl)n2)CC1.Cl. The fourth-order valence-electron chi connectivity index (χ4n) is 3.42. The zero-order chi connectivity index (χ0) is 19.4. The molecule has 1 amide bonds. The van der Waals surface area contributed by atoms with Crippen LogP contribution in [0.3, 0.4) is 0 Å². The first-order chi connectivity index (χ1) is 13.0. The zero-order valence-corrected chi connectivity index (χ0v) is 18.3. The van der Waals surface area contributed by atoms with E-state index in [0.717, 1.165) is 50.5 Å². The Morgan fingerprint density at radius 2 is 1.96 bits per heavy atom. The Bertz CT molecular complexity index is 785. The lowest BCUT2D eigenvalue weighted by Gasteiger charge is -2.31. The van der Waals surface area contributed by atoms with E-state index in [1.807, 2.05) is 43.0 Å². The van der Waals surface area contributed by atoms with Gasteiger partial charge in [0.2, 0.25) is 5.82 Å². The third-order valence-corrected chi connectivity index (χ3v) is 5.32. The molecule has 0 unspecified atom stereocenters. The van der Waals surface area contributed by atoms with Crippen molar-refractivity contribution in [2.45, 2.75) is 39.5 Å². The molecule has 0 atom stereocenters. The van der Waals surface area contributed by atoms with Crippen LogP contribution in [0.15, 0.2) is 24.3 Å². The summed E-state index contributed by atoms with van der Waals surface area (Å²) in [5.74, 6) is 1.66. The number of piperidine rings is 1. The first-order valence-corrected chi connectivity index (χ1v) is 10.1. The molecule has 6 nitrogen and oxygen atoms in total. The topological polar surface area (TPSA) is 63.1 Å². The van der Waals surface area contributed by atoms with E-state index in [4.69, 9.17) is 11.6 Å². The molecule has 0 saturated carbocycles. The van der Waals surface area contributed by atoms with E-state index in [-0.39, 0.29) is 30.1 Å². The lowest BCUT2D eigenvalue weighted by Crippen LogP contribution is -2.41. The summed E-state index contributed by atoms with van der Waals surface area (Å²) < 4.78 is 1.71. The second-order valence-electron chi connectivity index (χ2n) is 7.35. The Morgan fingerprint density at radius 1 is 1.29 bits per heavy atom. The smallest absolute Gasteiger partial charge is 0.293 e. The van der Waals surface area contributed by atoms with Crippen LogP contribution in [0.2, 0.25) is 5.02 Å². The van der Waals surface area contributed by atoms with Gasteiger partial charge in [0.25, 0.3) is 5.91 Å². The summed E-state index contributed by atoms with van der Waals surface area (Å²) in [6, 6.07) is 7.49. The fourth-order valence-corrected chi connectivity index (χ4v) is 3.64. The molecule has 0 aliphatic carbocycles. The molecule has 1 aromatic heterocycles. The Morgan fingerprint density at radius 3 is 2.57 bits per heavy atom. The van der Waals surface area contributed by atoms with Crippen LogP contribution < -0.4 is 5.32 Å². The van der Waals surface area contributed by atoms with Crippen molar-refractivity contribution in [2.75, 3.05) is 26.2 Å². The third kappa shape index (κ3) is 5.04. The molecule has 2 aromatic rings. The molecule has 1 aliphatic rings. The molecular weight excluding hydrogens is 397 g/mol. The number of rotatable bonds is 6. The highest BCUT2D eigenvalue weighted by molar-refractivity contribution is 6.32. The van der Waals surface area contributed by atoms with Crippen molar-refractivity contribution in [3.8, 4) is 5.69 Å². The molecule has 2 heterocycles. The summed E-state index contributed by atoms with van der Waals surface area (Å²) in [6.07, 6.45) is 2.03. The number of likely N-dealkylation sites (tertiary alicyclic amines) is 1. The summed E-state index contributed by atoms with van der Waals surface area (Å²) in [7, 11) is 0. The number of nitrogens with one attached hydrogen (secondary N) is 1. The Kier molecular flexibility index (Phi) is 8.28. The second-order valence-corrected chi connectivity index (χ2v) is 7.76. The summed E-state index contributed by atoms with van der Waals surface area (Å²) >= 11 is 6.34. The molecule has 1 fully saturated rings. The quantitative estimate of drug-likeness (QED) is 0.761. The molecule has 1 aliphatic heterocycles. The van der Waals surface area contributed by atoms with Crippen LogP contribution in [-0.2, 0) is 0 Å². The first kappa shape index (κ1) is 22.7. The number of carbonyl (C=O) groups excluding carboxylic acids is 1. The average Bonchev–Trinajstić information content (AvgIpc) is 3.12. The van der Waals surface area contributed by atoms with Gasteiger partial charge in [-0.25, -0.2) is 9.67 Å². The van der Waals surface area contributed by atoms with Gasteiger partial charge in [-0.15, -0.1) is 17.5 Å². The normalized spacial score (nSPS) is 15.0. The standard InChI is InChI=1S/C20H28ClN5O.ClH/c1-4-22-13-15-9-11-25(12-10-15)20(27)18-23-19(14(2)3)26(24-18)17-8-6-5-7-16(17)21;/h5-8,14-15,22H,4,9-13H2,1-3H3;1H. The number of benzene rings is 1. The van der Waals surface area contributed by atoms with E-state index in [1.165, 1.54) is 0 Å². The summed E-state index contributed by atoms with van der Waals surface area (Å²) in [6.45, 7) is 9.72.